The van der Waals surface area contributed by atoms with Crippen molar-refractivity contribution in [1.82, 2.24) is 4.98 Å². The Morgan fingerprint density at radius 2 is 2.05 bits per heavy atom. The zero-order valence-electron chi connectivity index (χ0n) is 10.9. The molecule has 19 heavy (non-hydrogen) atoms. The third-order valence-corrected chi connectivity index (χ3v) is 3.56. The molecule has 0 bridgehead atoms. The molecule has 0 saturated carbocycles. The van der Waals surface area contributed by atoms with Crippen molar-refractivity contribution in [2.45, 2.75) is 26.2 Å². The summed E-state index contributed by atoms with van der Waals surface area (Å²) in [6.45, 7) is 2.00. The van der Waals surface area contributed by atoms with Gasteiger partial charge in [-0.3, -0.25) is 4.79 Å². The molecule has 0 spiro atoms. The van der Waals surface area contributed by atoms with Crippen LogP contribution in [0.25, 0.3) is 10.2 Å². The quantitative estimate of drug-likeness (QED) is 0.614. The van der Waals surface area contributed by atoms with Crippen molar-refractivity contribution >= 4 is 33.3 Å². The Morgan fingerprint density at radius 1 is 1.32 bits per heavy atom. The third-order valence-electron chi connectivity index (χ3n) is 2.54. The molecule has 94 valence electrons. The number of benzene rings is 1. The first-order chi connectivity index (χ1) is 8.54. The number of ketones is 1. The predicted octanol–water partition coefficient (Wildman–Crippen LogP) is -1.75. The summed E-state index contributed by atoms with van der Waals surface area (Å²) in [6.07, 6.45) is -0.00814. The minimum Gasteiger partial charge on any atom is -0.550 e. The molecule has 0 fully saturated rings. The summed E-state index contributed by atoms with van der Waals surface area (Å²) in [5.74, 6) is -1.31. The van der Waals surface area contributed by atoms with Crippen LogP contribution in [0.3, 0.4) is 0 Å². The van der Waals surface area contributed by atoms with Crippen LogP contribution in [0.4, 0.5) is 0 Å². The number of Topliss-reactive ketones (excluding diaryl/α,β-unsaturated/α-hetero) is 1. The molecule has 6 heteroatoms. The van der Waals surface area contributed by atoms with Gasteiger partial charge in [-0.15, -0.1) is 11.3 Å². The molecule has 0 aliphatic carbocycles. The fourth-order valence-corrected chi connectivity index (χ4v) is 2.75. The Morgan fingerprint density at radius 3 is 2.74 bits per heavy atom. The Kier molecular flexibility index (Phi) is 6.79. The standard InChI is InChI=1S/C13H13NO3S.K/c1-8-2-4-10-11(6-8)18-12(14-10)7-9(15)3-5-13(16)17;/h2,4,6H,3,5,7H2,1H3,(H,16,17);/q;+1/p-1. The van der Waals surface area contributed by atoms with Gasteiger partial charge in [-0.2, -0.15) is 0 Å². The first-order valence-corrected chi connectivity index (χ1v) is 6.44. The Hall–Kier alpha value is -0.114. The van der Waals surface area contributed by atoms with Crippen LogP contribution >= 0.6 is 11.3 Å². The summed E-state index contributed by atoms with van der Waals surface area (Å²) in [5, 5.41) is 11.0. The summed E-state index contributed by atoms with van der Waals surface area (Å²) in [4.78, 5) is 26.1. The van der Waals surface area contributed by atoms with Crippen molar-refractivity contribution < 1.29 is 66.1 Å². The average molecular weight is 301 g/mol. The van der Waals surface area contributed by atoms with Crippen molar-refractivity contribution in [2.75, 3.05) is 0 Å². The second-order valence-corrected chi connectivity index (χ2v) is 5.28. The van der Waals surface area contributed by atoms with Crippen LogP contribution in [-0.2, 0) is 16.0 Å². The molecule has 1 heterocycles. The number of rotatable bonds is 5. The predicted molar refractivity (Wildman–Crippen MR) is 67.3 cm³/mol. The first-order valence-electron chi connectivity index (χ1n) is 5.62. The van der Waals surface area contributed by atoms with E-state index in [9.17, 15) is 14.7 Å². The van der Waals surface area contributed by atoms with Crippen molar-refractivity contribution in [3.05, 3.63) is 28.8 Å². The van der Waals surface area contributed by atoms with Gasteiger partial charge in [0.05, 0.1) is 16.6 Å². The van der Waals surface area contributed by atoms with Crippen molar-refractivity contribution in [1.29, 1.82) is 0 Å². The van der Waals surface area contributed by atoms with Gasteiger partial charge in [-0.25, -0.2) is 4.98 Å². The number of fused-ring (bicyclic) bond motifs is 1. The van der Waals surface area contributed by atoms with E-state index < -0.39 is 5.97 Å². The monoisotopic (exact) mass is 301 g/mol. The van der Waals surface area contributed by atoms with Crippen LogP contribution in [0.15, 0.2) is 18.2 Å². The van der Waals surface area contributed by atoms with E-state index in [-0.39, 0.29) is 76.4 Å². The van der Waals surface area contributed by atoms with Gasteiger partial charge in [0.15, 0.2) is 0 Å². The molecular formula is C13H12KNO3S. The number of aromatic nitrogens is 1. The summed E-state index contributed by atoms with van der Waals surface area (Å²) in [7, 11) is 0. The van der Waals surface area contributed by atoms with Gasteiger partial charge < -0.3 is 9.90 Å². The van der Waals surface area contributed by atoms with Gasteiger partial charge in [0.1, 0.15) is 10.8 Å². The number of hydrogen-bond donors (Lipinski definition) is 0. The Balaban J connectivity index is 0.00000180. The molecule has 4 nitrogen and oxygen atoms in total. The molecule has 0 saturated heterocycles. The van der Waals surface area contributed by atoms with Gasteiger partial charge in [0.2, 0.25) is 0 Å². The summed E-state index contributed by atoms with van der Waals surface area (Å²) < 4.78 is 1.05. The van der Waals surface area contributed by atoms with E-state index in [1.165, 1.54) is 11.3 Å². The van der Waals surface area contributed by atoms with Crippen molar-refractivity contribution in [3.8, 4) is 0 Å². The number of carboxylic acids is 1. The maximum Gasteiger partial charge on any atom is 1.00 e. The van der Waals surface area contributed by atoms with Crippen LogP contribution in [0.2, 0.25) is 0 Å². The number of aliphatic carboxylic acids is 1. The minimum atomic E-state index is -1.19. The zero-order chi connectivity index (χ0) is 13.1. The SMILES string of the molecule is Cc1ccc2nc(CC(=O)CCC(=O)[O-])sc2c1.[K+]. The largest absolute Gasteiger partial charge is 1.00 e. The fraction of sp³-hybridized carbons (Fsp3) is 0.308. The minimum absolute atomic E-state index is 0. The van der Waals surface area contributed by atoms with E-state index in [1.807, 2.05) is 25.1 Å². The van der Waals surface area contributed by atoms with E-state index in [4.69, 9.17) is 0 Å². The van der Waals surface area contributed by atoms with Crippen LogP contribution in [0.5, 0.6) is 0 Å². The molecule has 0 aliphatic rings. The smallest absolute Gasteiger partial charge is 0.550 e. The average Bonchev–Trinajstić information content (AvgIpc) is 2.67. The number of carbonyl (C=O) groups is 2. The number of thiazole rings is 1. The molecule has 0 N–H and O–H groups in total. The van der Waals surface area contributed by atoms with Crippen LogP contribution < -0.4 is 56.5 Å². The van der Waals surface area contributed by atoms with Crippen molar-refractivity contribution in [2.24, 2.45) is 0 Å². The number of nitrogens with zero attached hydrogens (tertiary/aromatic N) is 1. The van der Waals surface area contributed by atoms with Gasteiger partial charge in [-0.1, -0.05) is 6.07 Å². The first kappa shape index (κ1) is 16.9. The van der Waals surface area contributed by atoms with Gasteiger partial charge in [-0.05, 0) is 31.0 Å². The number of carboxylic acid groups (broad SMARTS) is 1. The zero-order valence-corrected chi connectivity index (χ0v) is 14.9. The molecule has 0 radical (unpaired) electrons. The molecule has 1 aromatic heterocycles. The van der Waals surface area contributed by atoms with E-state index in [2.05, 4.69) is 4.98 Å². The summed E-state index contributed by atoms with van der Waals surface area (Å²) in [5.41, 5.74) is 2.04. The molecule has 0 aliphatic heterocycles. The molecular weight excluding hydrogens is 289 g/mol. The molecule has 2 rings (SSSR count). The van der Waals surface area contributed by atoms with E-state index in [0.29, 0.717) is 0 Å². The Labute approximate surface area is 157 Å². The fourth-order valence-electron chi connectivity index (χ4n) is 1.65. The van der Waals surface area contributed by atoms with Gasteiger partial charge >= 0.3 is 51.4 Å². The second-order valence-electron chi connectivity index (χ2n) is 4.17. The molecule has 0 atom stereocenters. The number of hydrogen-bond acceptors (Lipinski definition) is 5. The molecule has 2 aromatic rings. The third kappa shape index (κ3) is 5.05. The van der Waals surface area contributed by atoms with Crippen LogP contribution in [-0.4, -0.2) is 16.7 Å². The van der Waals surface area contributed by atoms with E-state index in [1.54, 1.807) is 0 Å². The van der Waals surface area contributed by atoms with Crippen molar-refractivity contribution in [3.63, 3.8) is 0 Å². The number of carbonyl (C=O) groups excluding carboxylic acids is 2. The Bertz CT molecular complexity index is 609. The summed E-state index contributed by atoms with van der Waals surface area (Å²) >= 11 is 1.48. The maximum absolute atomic E-state index is 11.5. The van der Waals surface area contributed by atoms with Gasteiger partial charge in [0, 0.05) is 12.4 Å². The van der Waals surface area contributed by atoms with E-state index in [0.717, 1.165) is 20.8 Å². The summed E-state index contributed by atoms with van der Waals surface area (Å²) in [6, 6.07) is 5.93. The molecule has 0 unspecified atom stereocenters. The molecule has 1 aromatic carbocycles. The van der Waals surface area contributed by atoms with E-state index >= 15 is 0 Å². The maximum atomic E-state index is 11.5. The topological polar surface area (TPSA) is 70.1 Å². The normalized spacial score (nSPS) is 10.2. The second kappa shape index (κ2) is 7.61. The molecule has 0 amide bonds. The van der Waals surface area contributed by atoms with Gasteiger partial charge in [0.25, 0.3) is 0 Å². The van der Waals surface area contributed by atoms with Crippen LogP contribution in [0.1, 0.15) is 23.4 Å². The number of aryl methyl sites for hydroxylation is 1. The van der Waals surface area contributed by atoms with Crippen LogP contribution in [0, 0.1) is 6.92 Å².